The lowest BCUT2D eigenvalue weighted by molar-refractivity contribution is -0.119. The Bertz CT molecular complexity index is 904. The van der Waals surface area contributed by atoms with Gasteiger partial charge in [0.1, 0.15) is 5.82 Å². The van der Waals surface area contributed by atoms with E-state index in [0.717, 1.165) is 21.6 Å². The van der Waals surface area contributed by atoms with E-state index in [1.807, 2.05) is 39.0 Å². The zero-order valence-corrected chi connectivity index (χ0v) is 15.1. The van der Waals surface area contributed by atoms with Gasteiger partial charge in [-0.05, 0) is 54.5 Å². The summed E-state index contributed by atoms with van der Waals surface area (Å²) in [4.78, 5) is 27.4. The Balaban J connectivity index is 2.12. The van der Waals surface area contributed by atoms with Gasteiger partial charge in [0.05, 0.1) is 16.2 Å². The zero-order chi connectivity index (χ0) is 18.1. The Morgan fingerprint density at radius 3 is 2.40 bits per heavy atom. The van der Waals surface area contributed by atoms with Crippen molar-refractivity contribution in [2.24, 2.45) is 0 Å². The standard InChI is InChI=1S/C20H18FNO2S/c1-4-25-18-17(14-9-8-12(2)13(3)10-14)19(23)22(20(18)24)16-7-5-6-15(21)11-16/h5-11H,4H2,1-3H3. The van der Waals surface area contributed by atoms with E-state index in [-0.39, 0.29) is 5.69 Å². The zero-order valence-electron chi connectivity index (χ0n) is 14.3. The first-order chi connectivity index (χ1) is 11.9. The quantitative estimate of drug-likeness (QED) is 0.759. The predicted molar refractivity (Wildman–Crippen MR) is 99.9 cm³/mol. The highest BCUT2D eigenvalue weighted by Gasteiger charge is 2.40. The molecule has 1 aliphatic rings. The van der Waals surface area contributed by atoms with Crippen molar-refractivity contribution in [3.8, 4) is 0 Å². The van der Waals surface area contributed by atoms with Gasteiger partial charge in [-0.25, -0.2) is 9.29 Å². The minimum atomic E-state index is -0.484. The van der Waals surface area contributed by atoms with Gasteiger partial charge in [0.2, 0.25) is 0 Å². The van der Waals surface area contributed by atoms with Crippen LogP contribution in [-0.2, 0) is 9.59 Å². The molecule has 0 saturated heterocycles. The smallest absolute Gasteiger partial charge is 0.268 e. The third-order valence-electron chi connectivity index (χ3n) is 4.19. The molecule has 0 atom stereocenters. The van der Waals surface area contributed by atoms with Crippen molar-refractivity contribution in [3.05, 3.63) is 69.9 Å². The SMILES string of the molecule is CCSC1=C(c2ccc(C)c(C)c2)C(=O)N(c2cccc(F)c2)C1=O. The van der Waals surface area contributed by atoms with Gasteiger partial charge in [0.15, 0.2) is 0 Å². The molecule has 0 radical (unpaired) electrons. The molecule has 2 amide bonds. The van der Waals surface area contributed by atoms with Crippen LogP contribution in [0.1, 0.15) is 23.6 Å². The van der Waals surface area contributed by atoms with Crippen LogP contribution in [0.5, 0.6) is 0 Å². The Morgan fingerprint density at radius 1 is 1.00 bits per heavy atom. The first kappa shape index (κ1) is 17.4. The van der Waals surface area contributed by atoms with Crippen LogP contribution >= 0.6 is 11.8 Å². The lowest BCUT2D eigenvalue weighted by Gasteiger charge is -2.15. The first-order valence-corrected chi connectivity index (χ1v) is 9.01. The minimum Gasteiger partial charge on any atom is -0.268 e. The Hall–Kier alpha value is -2.40. The molecule has 0 bridgehead atoms. The van der Waals surface area contributed by atoms with E-state index in [2.05, 4.69) is 0 Å². The van der Waals surface area contributed by atoms with Gasteiger partial charge in [-0.1, -0.05) is 31.2 Å². The highest BCUT2D eigenvalue weighted by molar-refractivity contribution is 8.04. The molecule has 2 aromatic carbocycles. The van der Waals surface area contributed by atoms with E-state index in [4.69, 9.17) is 0 Å². The first-order valence-electron chi connectivity index (χ1n) is 8.03. The van der Waals surface area contributed by atoms with Gasteiger partial charge in [-0.2, -0.15) is 0 Å². The average Bonchev–Trinajstić information content (AvgIpc) is 2.81. The number of carbonyl (C=O) groups is 2. The normalized spacial score (nSPS) is 14.6. The second-order valence-electron chi connectivity index (χ2n) is 5.86. The summed E-state index contributed by atoms with van der Waals surface area (Å²) in [5.41, 5.74) is 3.53. The largest absolute Gasteiger partial charge is 0.272 e. The summed E-state index contributed by atoms with van der Waals surface area (Å²) in [6, 6.07) is 11.3. The molecule has 0 aromatic heterocycles. The van der Waals surface area contributed by atoms with Crippen LogP contribution in [0.25, 0.3) is 5.57 Å². The average molecular weight is 355 g/mol. The van der Waals surface area contributed by atoms with Crippen molar-refractivity contribution in [3.63, 3.8) is 0 Å². The van der Waals surface area contributed by atoms with E-state index < -0.39 is 17.6 Å². The molecule has 3 nitrogen and oxygen atoms in total. The van der Waals surface area contributed by atoms with Crippen molar-refractivity contribution in [1.82, 2.24) is 0 Å². The van der Waals surface area contributed by atoms with Crippen LogP contribution < -0.4 is 4.90 Å². The van der Waals surface area contributed by atoms with Gasteiger partial charge in [0.25, 0.3) is 11.8 Å². The van der Waals surface area contributed by atoms with Crippen molar-refractivity contribution >= 4 is 34.8 Å². The van der Waals surface area contributed by atoms with E-state index in [0.29, 0.717) is 16.2 Å². The lowest BCUT2D eigenvalue weighted by Crippen LogP contribution is -2.31. The van der Waals surface area contributed by atoms with E-state index in [9.17, 15) is 14.0 Å². The summed E-state index contributed by atoms with van der Waals surface area (Å²) in [5.74, 6) is -0.618. The molecule has 0 unspecified atom stereocenters. The van der Waals surface area contributed by atoms with Crippen LogP contribution in [0.15, 0.2) is 47.4 Å². The molecule has 1 aliphatic heterocycles. The number of nitrogens with zero attached hydrogens (tertiary/aromatic N) is 1. The Morgan fingerprint density at radius 2 is 1.76 bits per heavy atom. The van der Waals surface area contributed by atoms with Gasteiger partial charge < -0.3 is 0 Å². The summed E-state index contributed by atoms with van der Waals surface area (Å²) in [7, 11) is 0. The molecule has 0 spiro atoms. The molecule has 0 aliphatic carbocycles. The van der Waals surface area contributed by atoms with E-state index >= 15 is 0 Å². The number of hydrogen-bond acceptors (Lipinski definition) is 3. The fraction of sp³-hybridized carbons (Fsp3) is 0.200. The molecular formula is C20H18FNO2S. The third-order valence-corrected chi connectivity index (χ3v) is 5.15. The summed E-state index contributed by atoms with van der Waals surface area (Å²) < 4.78 is 13.6. The number of rotatable bonds is 4. The maximum Gasteiger partial charge on any atom is 0.272 e. The molecular weight excluding hydrogens is 337 g/mol. The molecule has 5 heteroatoms. The topological polar surface area (TPSA) is 37.4 Å². The second-order valence-corrected chi connectivity index (χ2v) is 7.14. The number of aryl methyl sites for hydroxylation is 2. The third kappa shape index (κ3) is 3.12. The van der Waals surface area contributed by atoms with Crippen molar-refractivity contribution in [2.45, 2.75) is 20.8 Å². The lowest BCUT2D eigenvalue weighted by atomic mass is 10.0. The van der Waals surface area contributed by atoms with E-state index in [1.165, 1.54) is 30.0 Å². The van der Waals surface area contributed by atoms with Crippen LogP contribution in [-0.4, -0.2) is 17.6 Å². The predicted octanol–water partition coefficient (Wildman–Crippen LogP) is 4.48. The maximum atomic E-state index is 13.6. The van der Waals surface area contributed by atoms with Gasteiger partial charge >= 0.3 is 0 Å². The number of carbonyl (C=O) groups excluding carboxylic acids is 2. The van der Waals surface area contributed by atoms with Crippen LogP contribution in [0.4, 0.5) is 10.1 Å². The number of imide groups is 1. The molecule has 3 rings (SSSR count). The molecule has 2 aromatic rings. The Labute approximate surface area is 150 Å². The van der Waals surface area contributed by atoms with Crippen molar-refractivity contribution in [2.75, 3.05) is 10.7 Å². The number of thioether (sulfide) groups is 1. The minimum absolute atomic E-state index is 0.253. The van der Waals surface area contributed by atoms with Gasteiger partial charge in [-0.3, -0.25) is 9.59 Å². The fourth-order valence-electron chi connectivity index (χ4n) is 2.79. The highest BCUT2D eigenvalue weighted by atomic mass is 32.2. The summed E-state index contributed by atoms with van der Waals surface area (Å²) in [6.07, 6.45) is 0. The van der Waals surface area contributed by atoms with Crippen LogP contribution in [0, 0.1) is 19.7 Å². The van der Waals surface area contributed by atoms with Crippen LogP contribution in [0.2, 0.25) is 0 Å². The summed E-state index contributed by atoms with van der Waals surface area (Å²) in [5, 5.41) is 0. The number of hydrogen-bond donors (Lipinski definition) is 0. The maximum absolute atomic E-state index is 13.6. The molecule has 0 N–H and O–H groups in total. The number of halogens is 1. The second kappa shape index (κ2) is 6.84. The monoisotopic (exact) mass is 355 g/mol. The highest BCUT2D eigenvalue weighted by Crippen LogP contribution is 2.38. The Kier molecular flexibility index (Phi) is 4.77. The summed E-state index contributed by atoms with van der Waals surface area (Å²) >= 11 is 1.34. The molecule has 0 fully saturated rings. The van der Waals surface area contributed by atoms with Gasteiger partial charge in [-0.15, -0.1) is 11.8 Å². The molecule has 1 heterocycles. The van der Waals surface area contributed by atoms with Gasteiger partial charge in [0, 0.05) is 0 Å². The molecule has 128 valence electrons. The number of amides is 2. The van der Waals surface area contributed by atoms with Crippen molar-refractivity contribution < 1.29 is 14.0 Å². The summed E-state index contributed by atoms with van der Waals surface area (Å²) in [6.45, 7) is 5.89. The van der Waals surface area contributed by atoms with Crippen LogP contribution in [0.3, 0.4) is 0 Å². The molecule has 25 heavy (non-hydrogen) atoms. The number of benzene rings is 2. The molecule has 0 saturated carbocycles. The fourth-order valence-corrected chi connectivity index (χ4v) is 3.64. The van der Waals surface area contributed by atoms with Crippen molar-refractivity contribution in [1.29, 1.82) is 0 Å². The number of anilines is 1. The van der Waals surface area contributed by atoms with E-state index in [1.54, 1.807) is 6.07 Å².